The Morgan fingerprint density at radius 2 is 1.80 bits per heavy atom. The number of hydrogen-bond acceptors (Lipinski definition) is 6. The lowest BCUT2D eigenvalue weighted by Gasteiger charge is -2.27. The summed E-state index contributed by atoms with van der Waals surface area (Å²) in [5.74, 6) is -0.480. The van der Waals surface area contributed by atoms with Crippen LogP contribution in [0.25, 0.3) is 0 Å². The van der Waals surface area contributed by atoms with Gasteiger partial charge in [0.2, 0.25) is 5.75 Å². The van der Waals surface area contributed by atoms with Crippen LogP contribution in [0.15, 0.2) is 30.3 Å². The number of nitrogens with zero attached hydrogens (tertiary/aromatic N) is 1. The summed E-state index contributed by atoms with van der Waals surface area (Å²) in [5.41, 5.74) is 1.13. The van der Waals surface area contributed by atoms with Crippen molar-refractivity contribution in [1.82, 2.24) is 0 Å². The largest absolute Gasteiger partial charge is 0.482 e. The first kappa shape index (κ1) is 23.6. The van der Waals surface area contributed by atoms with E-state index in [1.54, 1.807) is 65.0 Å². The summed E-state index contributed by atoms with van der Waals surface area (Å²) >= 11 is 5.89. The van der Waals surface area contributed by atoms with Gasteiger partial charge in [-0.15, -0.1) is 0 Å². The number of nitro groups is 1. The number of benzene rings is 2. The average Bonchev–Trinajstić information content (AvgIpc) is 2.66. The second-order valence-electron chi connectivity index (χ2n) is 7.89. The molecule has 0 aliphatic heterocycles. The molecule has 0 saturated carbocycles. The number of rotatable bonds is 7. The van der Waals surface area contributed by atoms with E-state index in [0.29, 0.717) is 16.1 Å². The van der Waals surface area contributed by atoms with Crippen LogP contribution in [0.1, 0.15) is 49.1 Å². The molecule has 0 aromatic heterocycles. The quantitative estimate of drug-likeness (QED) is 0.325. The van der Waals surface area contributed by atoms with Gasteiger partial charge in [-0.25, -0.2) is 4.79 Å². The number of hydrogen-bond donors (Lipinski definition) is 0. The van der Waals surface area contributed by atoms with Crippen LogP contribution in [-0.2, 0) is 20.9 Å². The average molecular weight is 436 g/mol. The van der Waals surface area contributed by atoms with Gasteiger partial charge in [0, 0.05) is 16.1 Å². The number of carbonyl (C=O) groups excluding carboxylic acids is 1. The van der Waals surface area contributed by atoms with Gasteiger partial charge in [0.05, 0.1) is 17.6 Å². The Balaban J connectivity index is 2.51. The Hall–Kier alpha value is -2.64. The molecule has 1 unspecified atom stereocenters. The highest BCUT2D eigenvalue weighted by atomic mass is 35.5. The normalized spacial score (nSPS) is 12.4. The van der Waals surface area contributed by atoms with Crippen molar-refractivity contribution in [3.8, 4) is 5.75 Å². The molecule has 2 rings (SSSR count). The van der Waals surface area contributed by atoms with Gasteiger partial charge in [0.25, 0.3) is 0 Å². The minimum atomic E-state index is -1.10. The molecule has 30 heavy (non-hydrogen) atoms. The fraction of sp³-hybridized carbons (Fsp3) is 0.409. The summed E-state index contributed by atoms with van der Waals surface area (Å²) in [7, 11) is 1.25. The van der Waals surface area contributed by atoms with E-state index in [9.17, 15) is 14.9 Å². The third-order valence-corrected chi connectivity index (χ3v) is 4.63. The molecule has 162 valence electrons. The molecule has 0 saturated heterocycles. The second-order valence-corrected chi connectivity index (χ2v) is 8.33. The van der Waals surface area contributed by atoms with E-state index in [1.807, 2.05) is 0 Å². The zero-order valence-electron chi connectivity index (χ0n) is 17.9. The zero-order valence-corrected chi connectivity index (χ0v) is 18.7. The lowest BCUT2D eigenvalue weighted by Crippen LogP contribution is -2.29. The fourth-order valence-electron chi connectivity index (χ4n) is 3.01. The first-order valence-electron chi connectivity index (χ1n) is 9.36. The maximum atomic E-state index is 12.4. The smallest absolute Gasteiger partial charge is 0.339 e. The van der Waals surface area contributed by atoms with Gasteiger partial charge in [-0.3, -0.25) is 10.1 Å². The monoisotopic (exact) mass is 435 g/mol. The van der Waals surface area contributed by atoms with E-state index in [4.69, 9.17) is 25.8 Å². The van der Waals surface area contributed by atoms with Crippen LogP contribution < -0.4 is 4.74 Å². The van der Waals surface area contributed by atoms with Crippen molar-refractivity contribution in [2.45, 2.75) is 52.9 Å². The summed E-state index contributed by atoms with van der Waals surface area (Å²) in [6.07, 6.45) is -1.10. The van der Waals surface area contributed by atoms with E-state index in [2.05, 4.69) is 0 Å². The molecular formula is C22H26ClNO6. The summed E-state index contributed by atoms with van der Waals surface area (Å²) in [5, 5.41) is 12.5. The molecule has 0 amide bonds. The van der Waals surface area contributed by atoms with Crippen LogP contribution >= 0.6 is 11.6 Å². The molecule has 0 fully saturated rings. The lowest BCUT2D eigenvalue weighted by atomic mass is 9.97. The summed E-state index contributed by atoms with van der Waals surface area (Å²) < 4.78 is 16.6. The van der Waals surface area contributed by atoms with E-state index in [1.165, 1.54) is 7.11 Å². The molecule has 0 heterocycles. The van der Waals surface area contributed by atoms with Gasteiger partial charge >= 0.3 is 11.7 Å². The Morgan fingerprint density at radius 3 is 2.30 bits per heavy atom. The van der Waals surface area contributed by atoms with Crippen LogP contribution in [0.4, 0.5) is 5.69 Å². The first-order chi connectivity index (χ1) is 13.9. The van der Waals surface area contributed by atoms with Crippen molar-refractivity contribution in [3.05, 3.63) is 67.7 Å². The van der Waals surface area contributed by atoms with Crippen molar-refractivity contribution >= 4 is 23.3 Å². The van der Waals surface area contributed by atoms with Crippen LogP contribution in [0.2, 0.25) is 5.02 Å². The highest BCUT2D eigenvalue weighted by Crippen LogP contribution is 2.40. The van der Waals surface area contributed by atoms with Gasteiger partial charge < -0.3 is 14.2 Å². The van der Waals surface area contributed by atoms with Crippen molar-refractivity contribution in [2.75, 3.05) is 7.11 Å². The highest BCUT2D eigenvalue weighted by molar-refractivity contribution is 6.30. The Labute approximate surface area is 181 Å². The van der Waals surface area contributed by atoms with Crippen LogP contribution in [0.5, 0.6) is 5.75 Å². The number of esters is 1. The fourth-order valence-corrected chi connectivity index (χ4v) is 3.14. The molecule has 7 nitrogen and oxygen atoms in total. The minimum absolute atomic E-state index is 0.135. The molecule has 0 aliphatic carbocycles. The minimum Gasteiger partial charge on any atom is -0.482 e. The highest BCUT2D eigenvalue weighted by Gasteiger charge is 2.34. The molecule has 0 bridgehead atoms. The summed E-state index contributed by atoms with van der Waals surface area (Å²) in [4.78, 5) is 23.8. The third kappa shape index (κ3) is 5.70. The van der Waals surface area contributed by atoms with Crippen LogP contribution in [0.3, 0.4) is 0 Å². The van der Waals surface area contributed by atoms with E-state index >= 15 is 0 Å². The topological polar surface area (TPSA) is 87.9 Å². The SMILES string of the molecule is COC(=O)C(OC(C)(C)C)c1cc(C)c(OCc2ccc(Cl)cc2)c([N+](=O)[O-])c1C. The predicted molar refractivity (Wildman–Crippen MR) is 114 cm³/mol. The molecule has 1 atom stereocenters. The number of aryl methyl sites for hydroxylation is 1. The Bertz CT molecular complexity index is 934. The lowest BCUT2D eigenvalue weighted by molar-refractivity contribution is -0.386. The number of nitro benzene ring substituents is 1. The molecule has 0 radical (unpaired) electrons. The van der Waals surface area contributed by atoms with Crippen LogP contribution in [-0.4, -0.2) is 23.6 Å². The van der Waals surface area contributed by atoms with Crippen LogP contribution in [0, 0.1) is 24.0 Å². The van der Waals surface area contributed by atoms with E-state index in [-0.39, 0.29) is 23.6 Å². The Morgan fingerprint density at radius 1 is 1.20 bits per heavy atom. The number of carbonyl (C=O) groups is 1. The molecule has 0 spiro atoms. The third-order valence-electron chi connectivity index (χ3n) is 4.38. The molecule has 8 heteroatoms. The standard InChI is InChI=1S/C22H26ClNO6/c1-13-11-17(20(21(25)28-6)30-22(3,4)5)14(2)18(24(26)27)19(13)29-12-15-7-9-16(23)10-8-15/h7-11,20H,12H2,1-6H3. The first-order valence-corrected chi connectivity index (χ1v) is 9.73. The number of ether oxygens (including phenoxy) is 3. The van der Waals surface area contributed by atoms with Crippen molar-refractivity contribution in [2.24, 2.45) is 0 Å². The molecule has 2 aromatic carbocycles. The molecule has 0 N–H and O–H groups in total. The molecule has 0 aliphatic rings. The van der Waals surface area contributed by atoms with Gasteiger partial charge in [-0.1, -0.05) is 23.7 Å². The maximum Gasteiger partial charge on any atom is 0.339 e. The van der Waals surface area contributed by atoms with Crippen molar-refractivity contribution in [3.63, 3.8) is 0 Å². The van der Waals surface area contributed by atoms with E-state index in [0.717, 1.165) is 5.56 Å². The van der Waals surface area contributed by atoms with E-state index < -0.39 is 22.6 Å². The van der Waals surface area contributed by atoms with Crippen molar-refractivity contribution in [1.29, 1.82) is 0 Å². The van der Waals surface area contributed by atoms with Gasteiger partial charge in [-0.2, -0.15) is 0 Å². The second kappa shape index (κ2) is 9.45. The number of halogens is 1. The molecule has 2 aromatic rings. The molecular weight excluding hydrogens is 410 g/mol. The zero-order chi connectivity index (χ0) is 22.6. The van der Waals surface area contributed by atoms with Gasteiger partial charge in [-0.05, 0) is 63.9 Å². The van der Waals surface area contributed by atoms with Gasteiger partial charge in [0.1, 0.15) is 6.61 Å². The predicted octanol–water partition coefficient (Wildman–Crippen LogP) is 5.47. The van der Waals surface area contributed by atoms with Gasteiger partial charge in [0.15, 0.2) is 6.10 Å². The summed E-state index contributed by atoms with van der Waals surface area (Å²) in [6, 6.07) is 8.69. The summed E-state index contributed by atoms with van der Waals surface area (Å²) in [6.45, 7) is 8.79. The maximum absolute atomic E-state index is 12.4. The van der Waals surface area contributed by atoms with Crippen molar-refractivity contribution < 1.29 is 23.9 Å². The Kier molecular flexibility index (Phi) is 7.44. The number of methoxy groups -OCH3 is 1.